The quantitative estimate of drug-likeness (QED) is 0.856. The van der Waals surface area contributed by atoms with Gasteiger partial charge in [0.15, 0.2) is 0 Å². The van der Waals surface area contributed by atoms with Crippen LogP contribution in [-0.2, 0) is 0 Å². The molecule has 0 saturated carbocycles. The number of nitrogens with zero attached hydrogens (tertiary/aromatic N) is 6. The van der Waals surface area contributed by atoms with E-state index in [0.717, 1.165) is 55.0 Å². The van der Waals surface area contributed by atoms with Crippen molar-refractivity contribution in [2.75, 3.05) is 36.0 Å². The summed E-state index contributed by atoms with van der Waals surface area (Å²) in [5.41, 5.74) is 2.90. The highest BCUT2D eigenvalue weighted by Crippen LogP contribution is 2.24. The fraction of sp³-hybridized carbons (Fsp3) is 0.579. The summed E-state index contributed by atoms with van der Waals surface area (Å²) in [6, 6.07) is 1.96. The van der Waals surface area contributed by atoms with Gasteiger partial charge in [-0.1, -0.05) is 0 Å². The number of aryl methyl sites for hydroxylation is 1. The van der Waals surface area contributed by atoms with Crippen LogP contribution in [0.2, 0.25) is 0 Å². The van der Waals surface area contributed by atoms with E-state index in [2.05, 4.69) is 19.8 Å². The van der Waals surface area contributed by atoms with E-state index in [1.54, 1.807) is 0 Å². The van der Waals surface area contributed by atoms with Crippen LogP contribution in [-0.4, -0.2) is 46.1 Å². The Labute approximate surface area is 149 Å². The predicted octanol–water partition coefficient (Wildman–Crippen LogP) is 3.22. The molecule has 2 aromatic heterocycles. The number of aromatic nitrogens is 4. The van der Waals surface area contributed by atoms with E-state index in [1.807, 2.05) is 25.4 Å². The zero-order valence-corrected chi connectivity index (χ0v) is 15.0. The van der Waals surface area contributed by atoms with Crippen LogP contribution >= 0.6 is 0 Å². The Hall–Kier alpha value is -2.24. The molecule has 4 rings (SSSR count). The normalized spacial score (nSPS) is 18.4. The molecule has 0 bridgehead atoms. The molecule has 0 atom stereocenters. The topological polar surface area (TPSA) is 58.0 Å². The molecule has 2 aliphatic rings. The van der Waals surface area contributed by atoms with E-state index in [1.165, 1.54) is 38.5 Å². The predicted molar refractivity (Wildman–Crippen MR) is 99.9 cm³/mol. The van der Waals surface area contributed by atoms with Crippen molar-refractivity contribution < 1.29 is 0 Å². The first-order valence-corrected chi connectivity index (χ1v) is 9.48. The Morgan fingerprint density at radius 3 is 1.96 bits per heavy atom. The summed E-state index contributed by atoms with van der Waals surface area (Å²) in [4.78, 5) is 23.2. The average Bonchev–Trinajstić information content (AvgIpc) is 2.69. The summed E-state index contributed by atoms with van der Waals surface area (Å²) < 4.78 is 0. The Balaban J connectivity index is 1.58. The lowest BCUT2D eigenvalue weighted by Gasteiger charge is -2.27. The van der Waals surface area contributed by atoms with Gasteiger partial charge in [-0.2, -0.15) is 0 Å². The van der Waals surface area contributed by atoms with Crippen LogP contribution in [0.5, 0.6) is 0 Å². The SMILES string of the molecule is Cc1nc(N2CCCCC2)ncc1-c1ccnc(N2CCCCC2)n1. The van der Waals surface area contributed by atoms with Crippen LogP contribution in [0, 0.1) is 6.92 Å². The minimum atomic E-state index is 0.830. The van der Waals surface area contributed by atoms with Gasteiger partial charge in [0.25, 0.3) is 0 Å². The second-order valence-corrected chi connectivity index (χ2v) is 7.01. The van der Waals surface area contributed by atoms with Gasteiger partial charge in [0.2, 0.25) is 11.9 Å². The van der Waals surface area contributed by atoms with E-state index in [9.17, 15) is 0 Å². The molecule has 2 aliphatic heterocycles. The third kappa shape index (κ3) is 3.57. The van der Waals surface area contributed by atoms with E-state index in [4.69, 9.17) is 9.97 Å². The molecular weight excluding hydrogens is 312 g/mol. The molecule has 132 valence electrons. The van der Waals surface area contributed by atoms with Gasteiger partial charge in [0.05, 0.1) is 11.4 Å². The minimum Gasteiger partial charge on any atom is -0.341 e. The van der Waals surface area contributed by atoms with Crippen molar-refractivity contribution in [1.82, 2.24) is 19.9 Å². The molecule has 0 aliphatic carbocycles. The van der Waals surface area contributed by atoms with Gasteiger partial charge >= 0.3 is 0 Å². The third-order valence-corrected chi connectivity index (χ3v) is 5.16. The lowest BCUT2D eigenvalue weighted by molar-refractivity contribution is 0.567. The second-order valence-electron chi connectivity index (χ2n) is 7.01. The molecule has 0 spiro atoms. The minimum absolute atomic E-state index is 0.830. The summed E-state index contributed by atoms with van der Waals surface area (Å²) in [7, 11) is 0. The highest BCUT2D eigenvalue weighted by Gasteiger charge is 2.17. The maximum Gasteiger partial charge on any atom is 0.225 e. The highest BCUT2D eigenvalue weighted by molar-refractivity contribution is 5.62. The average molecular weight is 338 g/mol. The van der Waals surface area contributed by atoms with Crippen molar-refractivity contribution >= 4 is 11.9 Å². The van der Waals surface area contributed by atoms with Gasteiger partial charge in [0, 0.05) is 44.1 Å². The molecule has 6 nitrogen and oxygen atoms in total. The van der Waals surface area contributed by atoms with Gasteiger partial charge in [-0.3, -0.25) is 0 Å². The van der Waals surface area contributed by atoms with Crippen molar-refractivity contribution in [2.24, 2.45) is 0 Å². The first-order valence-electron chi connectivity index (χ1n) is 9.48. The van der Waals surface area contributed by atoms with E-state index in [0.29, 0.717) is 0 Å². The Kier molecular flexibility index (Phi) is 4.76. The first-order chi connectivity index (χ1) is 12.3. The highest BCUT2D eigenvalue weighted by atomic mass is 15.3. The Bertz CT molecular complexity index is 720. The zero-order chi connectivity index (χ0) is 17.1. The zero-order valence-electron chi connectivity index (χ0n) is 15.0. The largest absolute Gasteiger partial charge is 0.341 e. The monoisotopic (exact) mass is 338 g/mol. The van der Waals surface area contributed by atoms with Gasteiger partial charge in [-0.25, -0.2) is 19.9 Å². The summed E-state index contributed by atoms with van der Waals surface area (Å²) in [6.07, 6.45) is 11.3. The summed E-state index contributed by atoms with van der Waals surface area (Å²) >= 11 is 0. The number of rotatable bonds is 3. The van der Waals surface area contributed by atoms with Crippen LogP contribution in [0.4, 0.5) is 11.9 Å². The number of hydrogen-bond acceptors (Lipinski definition) is 6. The van der Waals surface area contributed by atoms with Crippen molar-refractivity contribution in [3.8, 4) is 11.3 Å². The van der Waals surface area contributed by atoms with E-state index in [-0.39, 0.29) is 0 Å². The molecule has 6 heteroatoms. The first kappa shape index (κ1) is 16.2. The van der Waals surface area contributed by atoms with E-state index < -0.39 is 0 Å². The maximum absolute atomic E-state index is 4.79. The summed E-state index contributed by atoms with van der Waals surface area (Å²) in [5, 5.41) is 0. The third-order valence-electron chi connectivity index (χ3n) is 5.16. The van der Waals surface area contributed by atoms with Crippen LogP contribution in [0.3, 0.4) is 0 Å². The van der Waals surface area contributed by atoms with Gasteiger partial charge < -0.3 is 9.80 Å². The van der Waals surface area contributed by atoms with Crippen molar-refractivity contribution in [3.63, 3.8) is 0 Å². The molecule has 0 radical (unpaired) electrons. The van der Waals surface area contributed by atoms with Gasteiger partial charge in [0.1, 0.15) is 0 Å². The lowest BCUT2D eigenvalue weighted by atomic mass is 10.1. The molecule has 0 N–H and O–H groups in total. The standard InChI is InChI=1S/C19H26N6/c1-15-16(14-21-19(22-15)25-12-6-3-7-13-25)17-8-9-20-18(23-17)24-10-4-2-5-11-24/h8-9,14H,2-7,10-13H2,1H3. The number of anilines is 2. The molecule has 25 heavy (non-hydrogen) atoms. The van der Waals surface area contributed by atoms with Crippen molar-refractivity contribution in [2.45, 2.75) is 45.4 Å². The number of piperidine rings is 2. The van der Waals surface area contributed by atoms with E-state index >= 15 is 0 Å². The maximum atomic E-state index is 4.79. The molecular formula is C19H26N6. The van der Waals surface area contributed by atoms with Crippen LogP contribution in [0.15, 0.2) is 18.5 Å². The van der Waals surface area contributed by atoms with Gasteiger partial charge in [-0.15, -0.1) is 0 Å². The van der Waals surface area contributed by atoms with Crippen LogP contribution in [0.1, 0.15) is 44.2 Å². The second kappa shape index (κ2) is 7.33. The van der Waals surface area contributed by atoms with Crippen molar-refractivity contribution in [1.29, 1.82) is 0 Å². The van der Waals surface area contributed by atoms with Crippen LogP contribution in [0.25, 0.3) is 11.3 Å². The number of hydrogen-bond donors (Lipinski definition) is 0. The summed E-state index contributed by atoms with van der Waals surface area (Å²) in [6.45, 7) is 6.27. The molecule has 2 aromatic rings. The summed E-state index contributed by atoms with van der Waals surface area (Å²) in [5.74, 6) is 1.68. The Morgan fingerprint density at radius 1 is 0.760 bits per heavy atom. The molecule has 0 amide bonds. The van der Waals surface area contributed by atoms with Crippen LogP contribution < -0.4 is 9.80 Å². The molecule has 2 fully saturated rings. The van der Waals surface area contributed by atoms with Crippen molar-refractivity contribution in [3.05, 3.63) is 24.2 Å². The molecule has 0 unspecified atom stereocenters. The smallest absolute Gasteiger partial charge is 0.225 e. The Morgan fingerprint density at radius 2 is 1.36 bits per heavy atom. The fourth-order valence-electron chi connectivity index (χ4n) is 3.70. The molecule has 0 aromatic carbocycles. The molecule has 2 saturated heterocycles. The molecule has 4 heterocycles. The van der Waals surface area contributed by atoms with Gasteiger partial charge in [-0.05, 0) is 51.5 Å². The lowest BCUT2D eigenvalue weighted by Crippen LogP contribution is -2.31. The fourth-order valence-corrected chi connectivity index (χ4v) is 3.70.